The molecule has 3 rings (SSSR count). The van der Waals surface area contributed by atoms with Gasteiger partial charge in [0, 0.05) is 25.4 Å². The topological polar surface area (TPSA) is 57.6 Å². The van der Waals surface area contributed by atoms with Crippen molar-refractivity contribution in [1.82, 2.24) is 4.90 Å². The molecule has 1 amide bonds. The quantitative estimate of drug-likeness (QED) is 0.930. The van der Waals surface area contributed by atoms with Crippen molar-refractivity contribution in [2.45, 2.75) is 38.0 Å². The van der Waals surface area contributed by atoms with E-state index in [1.165, 1.54) is 12.8 Å². The van der Waals surface area contributed by atoms with Gasteiger partial charge in [-0.1, -0.05) is 43.2 Å². The molecule has 0 aromatic heterocycles. The van der Waals surface area contributed by atoms with Crippen LogP contribution in [-0.4, -0.2) is 35.0 Å². The Morgan fingerprint density at radius 2 is 1.77 bits per heavy atom. The molecule has 2 aliphatic rings. The summed E-state index contributed by atoms with van der Waals surface area (Å²) in [6.45, 7) is 0.882. The third-order valence-corrected chi connectivity index (χ3v) is 5.16. The maximum atomic E-state index is 12.5. The van der Waals surface area contributed by atoms with Crippen LogP contribution in [0.15, 0.2) is 30.3 Å². The van der Waals surface area contributed by atoms with Gasteiger partial charge in [-0.15, -0.1) is 0 Å². The van der Waals surface area contributed by atoms with Crippen molar-refractivity contribution < 1.29 is 14.7 Å². The lowest BCUT2D eigenvalue weighted by atomic mass is 9.89. The number of aliphatic carboxylic acids is 1. The van der Waals surface area contributed by atoms with Crippen LogP contribution in [0.4, 0.5) is 0 Å². The molecule has 22 heavy (non-hydrogen) atoms. The molecule has 0 spiro atoms. The van der Waals surface area contributed by atoms with Gasteiger partial charge < -0.3 is 10.0 Å². The summed E-state index contributed by atoms with van der Waals surface area (Å²) in [6, 6.07) is 9.71. The van der Waals surface area contributed by atoms with Crippen LogP contribution in [0.1, 0.15) is 43.6 Å². The molecule has 0 bridgehead atoms. The number of rotatable bonds is 4. The molecule has 1 saturated carbocycles. The lowest BCUT2D eigenvalue weighted by Crippen LogP contribution is -2.31. The molecule has 1 aromatic carbocycles. The average Bonchev–Trinajstić information content (AvgIpc) is 3.17. The zero-order valence-electron chi connectivity index (χ0n) is 12.8. The van der Waals surface area contributed by atoms with E-state index >= 15 is 0 Å². The second kappa shape index (κ2) is 6.51. The van der Waals surface area contributed by atoms with Crippen LogP contribution < -0.4 is 0 Å². The number of likely N-dealkylation sites (tertiary alicyclic amines) is 1. The number of carboxylic acids is 1. The van der Waals surface area contributed by atoms with E-state index in [0.717, 1.165) is 18.4 Å². The summed E-state index contributed by atoms with van der Waals surface area (Å²) in [7, 11) is 0. The highest BCUT2D eigenvalue weighted by molar-refractivity contribution is 5.79. The Balaban J connectivity index is 1.70. The van der Waals surface area contributed by atoms with E-state index in [1.54, 1.807) is 4.90 Å². The molecule has 1 aliphatic carbocycles. The molecule has 1 N–H and O–H groups in total. The molecule has 118 valence electrons. The molecule has 4 nitrogen and oxygen atoms in total. The smallest absolute Gasteiger partial charge is 0.308 e. The molecular weight excluding hydrogens is 278 g/mol. The molecule has 0 unspecified atom stereocenters. The average molecular weight is 301 g/mol. The van der Waals surface area contributed by atoms with Crippen LogP contribution in [0, 0.1) is 11.8 Å². The third-order valence-electron chi connectivity index (χ3n) is 5.16. The number of carboxylic acid groups (broad SMARTS) is 1. The Bertz CT molecular complexity index is 537. The summed E-state index contributed by atoms with van der Waals surface area (Å²) in [6.07, 6.45) is 5.33. The SMILES string of the molecule is O=C(O)[C@@H]1CN(C(=O)CC2CCCC2)C[C@@H]1c1ccccc1. The van der Waals surface area contributed by atoms with Crippen molar-refractivity contribution >= 4 is 11.9 Å². The van der Waals surface area contributed by atoms with Gasteiger partial charge in [-0.3, -0.25) is 9.59 Å². The van der Waals surface area contributed by atoms with Crippen molar-refractivity contribution in [2.75, 3.05) is 13.1 Å². The summed E-state index contributed by atoms with van der Waals surface area (Å²) in [5, 5.41) is 9.49. The fraction of sp³-hybridized carbons (Fsp3) is 0.556. The van der Waals surface area contributed by atoms with Crippen molar-refractivity contribution in [3.8, 4) is 0 Å². The van der Waals surface area contributed by atoms with Gasteiger partial charge in [0.1, 0.15) is 0 Å². The Morgan fingerprint density at radius 3 is 2.41 bits per heavy atom. The number of carbonyl (C=O) groups excluding carboxylic acids is 1. The van der Waals surface area contributed by atoms with Gasteiger partial charge in [0.25, 0.3) is 0 Å². The molecular formula is C18H23NO3. The number of nitrogens with zero attached hydrogens (tertiary/aromatic N) is 1. The fourth-order valence-electron chi connectivity index (χ4n) is 3.89. The van der Waals surface area contributed by atoms with Crippen molar-refractivity contribution in [3.63, 3.8) is 0 Å². The molecule has 1 aliphatic heterocycles. The second-order valence-electron chi connectivity index (χ2n) is 6.62. The van der Waals surface area contributed by atoms with Gasteiger partial charge in [-0.25, -0.2) is 0 Å². The van der Waals surface area contributed by atoms with Crippen LogP contribution in [0.25, 0.3) is 0 Å². The molecule has 0 radical (unpaired) electrons. The van der Waals surface area contributed by atoms with E-state index in [4.69, 9.17) is 0 Å². The molecule has 1 saturated heterocycles. The van der Waals surface area contributed by atoms with Gasteiger partial charge in [-0.05, 0) is 24.3 Å². The van der Waals surface area contributed by atoms with Crippen LogP contribution in [0.3, 0.4) is 0 Å². The first-order chi connectivity index (χ1) is 10.6. The second-order valence-corrected chi connectivity index (χ2v) is 6.62. The monoisotopic (exact) mass is 301 g/mol. The van der Waals surface area contributed by atoms with Crippen molar-refractivity contribution in [1.29, 1.82) is 0 Å². The highest BCUT2D eigenvalue weighted by Gasteiger charge is 2.40. The summed E-state index contributed by atoms with van der Waals surface area (Å²) in [5.41, 5.74) is 1.02. The van der Waals surface area contributed by atoms with Gasteiger partial charge in [-0.2, -0.15) is 0 Å². The first-order valence-corrected chi connectivity index (χ1v) is 8.20. The highest BCUT2D eigenvalue weighted by Crippen LogP contribution is 2.34. The number of carbonyl (C=O) groups is 2. The van der Waals surface area contributed by atoms with Crippen LogP contribution >= 0.6 is 0 Å². The zero-order valence-corrected chi connectivity index (χ0v) is 12.8. The molecule has 2 fully saturated rings. The minimum atomic E-state index is -0.801. The van der Waals surface area contributed by atoms with E-state index in [1.807, 2.05) is 30.3 Å². The van der Waals surface area contributed by atoms with Gasteiger partial charge >= 0.3 is 5.97 Å². The minimum absolute atomic E-state index is 0.0915. The zero-order chi connectivity index (χ0) is 15.5. The molecule has 1 aromatic rings. The summed E-state index contributed by atoms with van der Waals surface area (Å²) in [5.74, 6) is -0.741. The Hall–Kier alpha value is -1.84. The standard InChI is InChI=1S/C18H23NO3/c20-17(10-13-6-4-5-7-13)19-11-15(16(12-19)18(21)22)14-8-2-1-3-9-14/h1-3,8-9,13,15-16H,4-7,10-12H2,(H,21,22)/t15-,16-/m1/s1. The van der Waals surface area contributed by atoms with Crippen molar-refractivity contribution in [2.24, 2.45) is 11.8 Å². The Kier molecular flexibility index (Phi) is 4.46. The lowest BCUT2D eigenvalue weighted by molar-refractivity contribution is -0.141. The summed E-state index contributed by atoms with van der Waals surface area (Å²) >= 11 is 0. The first-order valence-electron chi connectivity index (χ1n) is 8.20. The Morgan fingerprint density at radius 1 is 1.09 bits per heavy atom. The minimum Gasteiger partial charge on any atom is -0.481 e. The maximum Gasteiger partial charge on any atom is 0.308 e. The lowest BCUT2D eigenvalue weighted by Gasteiger charge is -2.18. The van der Waals surface area contributed by atoms with Gasteiger partial charge in [0.2, 0.25) is 5.91 Å². The van der Waals surface area contributed by atoms with Crippen LogP contribution in [0.2, 0.25) is 0 Å². The maximum absolute atomic E-state index is 12.5. The highest BCUT2D eigenvalue weighted by atomic mass is 16.4. The number of hydrogen-bond donors (Lipinski definition) is 1. The number of benzene rings is 1. The summed E-state index contributed by atoms with van der Waals surface area (Å²) < 4.78 is 0. The predicted molar refractivity (Wildman–Crippen MR) is 83.5 cm³/mol. The normalized spacial score (nSPS) is 25.5. The van der Waals surface area contributed by atoms with Crippen LogP contribution in [0.5, 0.6) is 0 Å². The van der Waals surface area contributed by atoms with E-state index in [0.29, 0.717) is 25.4 Å². The molecule has 2 atom stereocenters. The van der Waals surface area contributed by atoms with E-state index in [2.05, 4.69) is 0 Å². The third kappa shape index (κ3) is 3.16. The number of amides is 1. The van der Waals surface area contributed by atoms with E-state index in [-0.39, 0.29) is 11.8 Å². The molecule has 1 heterocycles. The fourth-order valence-corrected chi connectivity index (χ4v) is 3.89. The van der Waals surface area contributed by atoms with Gasteiger partial charge in [0.15, 0.2) is 0 Å². The van der Waals surface area contributed by atoms with Crippen LogP contribution in [-0.2, 0) is 9.59 Å². The van der Waals surface area contributed by atoms with Gasteiger partial charge in [0.05, 0.1) is 5.92 Å². The van der Waals surface area contributed by atoms with E-state index < -0.39 is 11.9 Å². The van der Waals surface area contributed by atoms with E-state index in [9.17, 15) is 14.7 Å². The Labute approximate surface area is 131 Å². The predicted octanol–water partition coefficient (Wildman–Crippen LogP) is 2.89. The van der Waals surface area contributed by atoms with Crippen molar-refractivity contribution in [3.05, 3.63) is 35.9 Å². The summed E-state index contributed by atoms with van der Waals surface area (Å²) in [4.78, 5) is 25.8. The largest absolute Gasteiger partial charge is 0.481 e. The first kappa shape index (κ1) is 15.1. The molecule has 4 heteroatoms. The number of hydrogen-bond acceptors (Lipinski definition) is 2.